The maximum atomic E-state index is 12.9. The normalized spacial score (nSPS) is 20.7. The van der Waals surface area contributed by atoms with Crippen LogP contribution in [0.4, 0.5) is 5.69 Å². The Morgan fingerprint density at radius 1 is 1.23 bits per heavy atom. The van der Waals surface area contributed by atoms with Crippen molar-refractivity contribution in [2.24, 2.45) is 5.92 Å². The second-order valence-electron chi connectivity index (χ2n) is 8.23. The number of amides is 2. The van der Waals surface area contributed by atoms with Gasteiger partial charge in [-0.2, -0.15) is 0 Å². The van der Waals surface area contributed by atoms with E-state index in [1.165, 1.54) is 12.1 Å². The third-order valence-corrected chi connectivity index (χ3v) is 7.70. The molecule has 1 atom stereocenters. The largest absolute Gasteiger partial charge is 0.468 e. The summed E-state index contributed by atoms with van der Waals surface area (Å²) >= 11 is 0. The molecular weight excluding hydrogens is 418 g/mol. The first-order valence-electron chi connectivity index (χ1n) is 10.6. The summed E-state index contributed by atoms with van der Waals surface area (Å²) in [5, 5.41) is 2.95. The van der Waals surface area contributed by atoms with Gasteiger partial charge >= 0.3 is 0 Å². The SMILES string of the molecule is CC1CCN([C@H](CNC(=O)c2cccc(N3C(=O)CCS3(=O)=O)c2)c2ccco2)CC1. The number of benzene rings is 1. The van der Waals surface area contributed by atoms with Gasteiger partial charge in [0.2, 0.25) is 15.9 Å². The molecule has 3 heterocycles. The van der Waals surface area contributed by atoms with Crippen LogP contribution in [0, 0.1) is 5.92 Å². The van der Waals surface area contributed by atoms with E-state index < -0.39 is 15.9 Å². The van der Waals surface area contributed by atoms with E-state index in [2.05, 4.69) is 17.1 Å². The van der Waals surface area contributed by atoms with Crippen LogP contribution >= 0.6 is 0 Å². The summed E-state index contributed by atoms with van der Waals surface area (Å²) in [6, 6.07) is 9.85. The molecule has 8 nitrogen and oxygen atoms in total. The second kappa shape index (κ2) is 8.84. The number of likely N-dealkylation sites (tertiary alicyclic amines) is 1. The average Bonchev–Trinajstić information content (AvgIpc) is 3.37. The highest BCUT2D eigenvalue weighted by molar-refractivity contribution is 7.94. The molecule has 0 radical (unpaired) electrons. The lowest BCUT2D eigenvalue weighted by molar-refractivity contribution is -0.116. The Morgan fingerprint density at radius 2 is 2.00 bits per heavy atom. The molecule has 2 aliphatic rings. The zero-order valence-corrected chi connectivity index (χ0v) is 18.3. The quantitative estimate of drug-likeness (QED) is 0.734. The van der Waals surface area contributed by atoms with Crippen molar-refractivity contribution in [2.75, 3.05) is 29.7 Å². The summed E-state index contributed by atoms with van der Waals surface area (Å²) in [7, 11) is -3.67. The fraction of sp³-hybridized carbons (Fsp3) is 0.455. The number of rotatable bonds is 6. The Kier molecular flexibility index (Phi) is 6.15. The van der Waals surface area contributed by atoms with Crippen LogP contribution in [0.25, 0.3) is 0 Å². The molecule has 31 heavy (non-hydrogen) atoms. The Balaban J connectivity index is 1.48. The molecule has 1 N–H and O–H groups in total. The van der Waals surface area contributed by atoms with Gasteiger partial charge < -0.3 is 9.73 Å². The topological polar surface area (TPSA) is 99.9 Å². The molecule has 2 aromatic rings. The number of anilines is 1. The summed E-state index contributed by atoms with van der Waals surface area (Å²) in [6.45, 7) is 4.49. The second-order valence-corrected chi connectivity index (χ2v) is 10.2. The monoisotopic (exact) mass is 445 g/mol. The van der Waals surface area contributed by atoms with E-state index in [-0.39, 0.29) is 29.8 Å². The summed E-state index contributed by atoms with van der Waals surface area (Å²) in [5.41, 5.74) is 0.501. The first-order valence-corrected chi connectivity index (χ1v) is 12.2. The van der Waals surface area contributed by atoms with Gasteiger partial charge in [0, 0.05) is 18.5 Å². The van der Waals surface area contributed by atoms with Crippen LogP contribution in [-0.2, 0) is 14.8 Å². The molecule has 166 valence electrons. The van der Waals surface area contributed by atoms with E-state index >= 15 is 0 Å². The highest BCUT2D eigenvalue weighted by Gasteiger charge is 2.36. The minimum Gasteiger partial charge on any atom is -0.468 e. The van der Waals surface area contributed by atoms with Gasteiger partial charge in [-0.05, 0) is 62.2 Å². The minimum atomic E-state index is -3.67. The molecule has 0 spiro atoms. The van der Waals surface area contributed by atoms with Crippen molar-refractivity contribution in [3.8, 4) is 0 Å². The lowest BCUT2D eigenvalue weighted by Crippen LogP contribution is -2.41. The Labute approximate surface area is 182 Å². The van der Waals surface area contributed by atoms with Crippen molar-refractivity contribution in [1.82, 2.24) is 10.2 Å². The lowest BCUT2D eigenvalue weighted by Gasteiger charge is -2.35. The molecule has 1 aromatic carbocycles. The number of sulfonamides is 1. The van der Waals surface area contributed by atoms with Crippen molar-refractivity contribution >= 4 is 27.5 Å². The number of nitrogens with zero attached hydrogens (tertiary/aromatic N) is 2. The number of nitrogens with one attached hydrogen (secondary N) is 1. The molecule has 1 aromatic heterocycles. The first-order chi connectivity index (χ1) is 14.8. The van der Waals surface area contributed by atoms with E-state index in [0.29, 0.717) is 18.0 Å². The van der Waals surface area contributed by atoms with Gasteiger partial charge in [-0.1, -0.05) is 13.0 Å². The molecule has 2 fully saturated rings. The maximum absolute atomic E-state index is 12.9. The summed E-state index contributed by atoms with van der Waals surface area (Å²) in [4.78, 5) is 27.2. The smallest absolute Gasteiger partial charge is 0.251 e. The summed E-state index contributed by atoms with van der Waals surface area (Å²) in [6.07, 6.45) is 3.79. The van der Waals surface area contributed by atoms with E-state index in [1.54, 1.807) is 18.4 Å². The van der Waals surface area contributed by atoms with Gasteiger partial charge in [-0.3, -0.25) is 14.5 Å². The van der Waals surface area contributed by atoms with Crippen LogP contribution < -0.4 is 9.62 Å². The predicted molar refractivity (Wildman–Crippen MR) is 116 cm³/mol. The van der Waals surface area contributed by atoms with Gasteiger partial charge in [0.1, 0.15) is 5.76 Å². The fourth-order valence-corrected chi connectivity index (χ4v) is 5.62. The zero-order valence-electron chi connectivity index (χ0n) is 17.5. The van der Waals surface area contributed by atoms with E-state index in [1.807, 2.05) is 12.1 Å². The van der Waals surface area contributed by atoms with Gasteiger partial charge in [0.05, 0.1) is 23.7 Å². The molecular formula is C22H27N3O5S. The standard InChI is InChI=1S/C22H27N3O5S/c1-16-7-10-24(11-8-16)19(20-6-3-12-30-20)15-23-22(27)17-4-2-5-18(14-17)25-21(26)9-13-31(25,28)29/h2-6,12,14,16,19H,7-11,13,15H2,1H3,(H,23,27)/t19-/m1/s1. The fourth-order valence-electron chi connectivity index (χ4n) is 4.16. The van der Waals surface area contributed by atoms with E-state index in [0.717, 1.165) is 36.0 Å². The van der Waals surface area contributed by atoms with Crippen molar-refractivity contribution in [1.29, 1.82) is 0 Å². The first kappa shape index (κ1) is 21.6. The zero-order chi connectivity index (χ0) is 22.0. The van der Waals surface area contributed by atoms with Crippen LogP contribution in [0.3, 0.4) is 0 Å². The number of furan rings is 1. The molecule has 9 heteroatoms. The molecule has 0 aliphatic carbocycles. The highest BCUT2D eigenvalue weighted by Crippen LogP contribution is 2.28. The molecule has 2 saturated heterocycles. The van der Waals surface area contributed by atoms with Crippen LogP contribution in [0.15, 0.2) is 47.1 Å². The molecule has 4 rings (SSSR count). The number of carbonyl (C=O) groups is 2. The van der Waals surface area contributed by atoms with Crippen molar-refractivity contribution in [3.05, 3.63) is 54.0 Å². The molecule has 2 amide bonds. The van der Waals surface area contributed by atoms with Crippen LogP contribution in [0.2, 0.25) is 0 Å². The van der Waals surface area contributed by atoms with E-state index in [9.17, 15) is 18.0 Å². The number of piperidine rings is 1. The predicted octanol–water partition coefficient (Wildman–Crippen LogP) is 2.55. The van der Waals surface area contributed by atoms with Crippen molar-refractivity contribution < 1.29 is 22.4 Å². The minimum absolute atomic E-state index is 0.0436. The van der Waals surface area contributed by atoms with Crippen LogP contribution in [-0.4, -0.2) is 50.5 Å². The maximum Gasteiger partial charge on any atom is 0.251 e. The van der Waals surface area contributed by atoms with E-state index in [4.69, 9.17) is 4.42 Å². The summed E-state index contributed by atoms with van der Waals surface area (Å²) in [5.74, 6) is 0.483. The number of carbonyl (C=O) groups excluding carboxylic acids is 2. The molecule has 2 aliphatic heterocycles. The van der Waals surface area contributed by atoms with Crippen molar-refractivity contribution in [2.45, 2.75) is 32.2 Å². The van der Waals surface area contributed by atoms with Gasteiger partial charge in [0.25, 0.3) is 5.91 Å². The number of hydrogen-bond donors (Lipinski definition) is 1. The molecule has 0 unspecified atom stereocenters. The lowest BCUT2D eigenvalue weighted by atomic mass is 9.97. The van der Waals surface area contributed by atoms with Crippen molar-refractivity contribution in [3.63, 3.8) is 0 Å². The third-order valence-electron chi connectivity index (χ3n) is 6.01. The van der Waals surface area contributed by atoms with Gasteiger partial charge in [-0.15, -0.1) is 0 Å². The Bertz CT molecular complexity index is 1040. The van der Waals surface area contributed by atoms with Crippen LogP contribution in [0.1, 0.15) is 48.3 Å². The summed E-state index contributed by atoms with van der Waals surface area (Å²) < 4.78 is 30.8. The van der Waals surface area contributed by atoms with Gasteiger partial charge in [0.15, 0.2) is 0 Å². The molecule has 0 bridgehead atoms. The van der Waals surface area contributed by atoms with Crippen LogP contribution in [0.5, 0.6) is 0 Å². The number of hydrogen-bond acceptors (Lipinski definition) is 6. The van der Waals surface area contributed by atoms with Gasteiger partial charge in [-0.25, -0.2) is 12.7 Å². The Morgan fingerprint density at radius 3 is 2.65 bits per heavy atom. The molecule has 0 saturated carbocycles. The highest BCUT2D eigenvalue weighted by atomic mass is 32.2. The average molecular weight is 446 g/mol. The third kappa shape index (κ3) is 4.67. The Hall–Kier alpha value is -2.65.